The fourth-order valence-electron chi connectivity index (χ4n) is 1.99. The smallest absolute Gasteiger partial charge is 0.163 e. The molecule has 0 unspecified atom stereocenters. The summed E-state index contributed by atoms with van der Waals surface area (Å²) in [4.78, 5) is 13.1. The van der Waals surface area contributed by atoms with E-state index in [0.29, 0.717) is 11.0 Å². The quantitative estimate of drug-likeness (QED) is 0.662. The van der Waals surface area contributed by atoms with Crippen molar-refractivity contribution >= 4 is 11.6 Å². The van der Waals surface area contributed by atoms with Gasteiger partial charge in [-0.15, -0.1) is 0 Å². The maximum absolute atomic E-state index is 6.25. The molecule has 0 aliphatic carbocycles. The van der Waals surface area contributed by atoms with Crippen LogP contribution < -0.4 is 0 Å². The lowest BCUT2D eigenvalue weighted by Gasteiger charge is -2.09. The van der Waals surface area contributed by atoms with Crippen LogP contribution in [-0.4, -0.2) is 15.0 Å². The molecule has 0 saturated heterocycles. The molecular formula is C16H12ClN3. The highest BCUT2D eigenvalue weighted by Crippen LogP contribution is 2.28. The van der Waals surface area contributed by atoms with Gasteiger partial charge < -0.3 is 0 Å². The molecule has 0 amide bonds. The van der Waals surface area contributed by atoms with Crippen molar-refractivity contribution < 1.29 is 0 Å². The number of benzene rings is 1. The zero-order valence-corrected chi connectivity index (χ0v) is 11.7. The number of nitrogens with zero attached hydrogens (tertiary/aromatic N) is 3. The van der Waals surface area contributed by atoms with Crippen LogP contribution in [0.25, 0.3) is 22.6 Å². The topological polar surface area (TPSA) is 38.7 Å². The van der Waals surface area contributed by atoms with Crippen molar-refractivity contribution in [1.82, 2.24) is 15.0 Å². The van der Waals surface area contributed by atoms with Gasteiger partial charge in [0.25, 0.3) is 0 Å². The summed E-state index contributed by atoms with van der Waals surface area (Å²) in [6.07, 6.45) is 3.45. The predicted octanol–water partition coefficient (Wildman–Crippen LogP) is 4.17. The Kier molecular flexibility index (Phi) is 3.44. The molecule has 0 atom stereocenters. The van der Waals surface area contributed by atoms with Crippen LogP contribution in [0.3, 0.4) is 0 Å². The SMILES string of the molecule is Cc1c(Cl)nc(-c2cccnc2)nc1-c1ccccc1. The molecule has 98 valence electrons. The summed E-state index contributed by atoms with van der Waals surface area (Å²) in [5, 5.41) is 0.470. The van der Waals surface area contributed by atoms with Crippen molar-refractivity contribution in [1.29, 1.82) is 0 Å². The van der Waals surface area contributed by atoms with E-state index in [1.165, 1.54) is 0 Å². The van der Waals surface area contributed by atoms with Gasteiger partial charge in [0.2, 0.25) is 0 Å². The maximum Gasteiger partial charge on any atom is 0.163 e. The molecule has 2 aromatic heterocycles. The van der Waals surface area contributed by atoms with Crippen LogP contribution in [0.2, 0.25) is 5.15 Å². The van der Waals surface area contributed by atoms with Gasteiger partial charge in [0.05, 0.1) is 5.69 Å². The van der Waals surface area contributed by atoms with Crippen LogP contribution in [0, 0.1) is 6.92 Å². The van der Waals surface area contributed by atoms with E-state index in [2.05, 4.69) is 15.0 Å². The van der Waals surface area contributed by atoms with E-state index in [-0.39, 0.29) is 0 Å². The van der Waals surface area contributed by atoms with Crippen LogP contribution in [0.4, 0.5) is 0 Å². The summed E-state index contributed by atoms with van der Waals surface area (Å²) in [7, 11) is 0. The van der Waals surface area contributed by atoms with Gasteiger partial charge in [0.15, 0.2) is 5.82 Å². The summed E-state index contributed by atoms with van der Waals surface area (Å²) < 4.78 is 0. The number of hydrogen-bond donors (Lipinski definition) is 0. The minimum Gasteiger partial charge on any atom is -0.264 e. The molecular weight excluding hydrogens is 270 g/mol. The molecule has 2 heterocycles. The average Bonchev–Trinajstić information content (AvgIpc) is 2.51. The number of aromatic nitrogens is 3. The summed E-state index contributed by atoms with van der Waals surface area (Å²) in [6, 6.07) is 13.7. The van der Waals surface area contributed by atoms with E-state index >= 15 is 0 Å². The first-order valence-corrected chi connectivity index (χ1v) is 6.63. The monoisotopic (exact) mass is 281 g/mol. The molecule has 3 rings (SSSR count). The molecule has 0 saturated carbocycles. The first-order valence-electron chi connectivity index (χ1n) is 6.25. The van der Waals surface area contributed by atoms with Gasteiger partial charge in [-0.05, 0) is 19.1 Å². The van der Waals surface area contributed by atoms with Gasteiger partial charge in [-0.2, -0.15) is 0 Å². The Labute approximate surface area is 122 Å². The van der Waals surface area contributed by atoms with Crippen LogP contribution >= 0.6 is 11.6 Å². The largest absolute Gasteiger partial charge is 0.264 e. The summed E-state index contributed by atoms with van der Waals surface area (Å²) in [5.41, 5.74) is 3.61. The third-order valence-electron chi connectivity index (χ3n) is 3.05. The molecule has 0 fully saturated rings. The van der Waals surface area contributed by atoms with Gasteiger partial charge in [-0.1, -0.05) is 41.9 Å². The summed E-state index contributed by atoms with van der Waals surface area (Å²) in [6.45, 7) is 1.93. The Morgan fingerprint density at radius 1 is 0.900 bits per heavy atom. The highest BCUT2D eigenvalue weighted by molar-refractivity contribution is 6.30. The van der Waals surface area contributed by atoms with Crippen LogP contribution in [0.5, 0.6) is 0 Å². The molecule has 0 bridgehead atoms. The molecule has 4 heteroatoms. The second-order valence-corrected chi connectivity index (χ2v) is 4.78. The predicted molar refractivity (Wildman–Crippen MR) is 80.4 cm³/mol. The zero-order chi connectivity index (χ0) is 13.9. The van der Waals surface area contributed by atoms with Crippen LogP contribution in [-0.2, 0) is 0 Å². The minimum absolute atomic E-state index is 0.470. The van der Waals surface area contributed by atoms with Crippen molar-refractivity contribution in [2.24, 2.45) is 0 Å². The lowest BCUT2D eigenvalue weighted by atomic mass is 10.1. The normalized spacial score (nSPS) is 10.5. The molecule has 0 aliphatic heterocycles. The second-order valence-electron chi connectivity index (χ2n) is 4.42. The molecule has 0 radical (unpaired) electrons. The third kappa shape index (κ3) is 2.40. The second kappa shape index (κ2) is 5.39. The summed E-state index contributed by atoms with van der Waals surface area (Å²) >= 11 is 6.25. The molecule has 3 aromatic rings. The number of hydrogen-bond acceptors (Lipinski definition) is 3. The Balaban J connectivity index is 2.19. The van der Waals surface area contributed by atoms with Gasteiger partial charge in [-0.3, -0.25) is 4.98 Å². The number of halogens is 1. The van der Waals surface area contributed by atoms with E-state index in [9.17, 15) is 0 Å². The average molecular weight is 282 g/mol. The highest BCUT2D eigenvalue weighted by Gasteiger charge is 2.12. The van der Waals surface area contributed by atoms with E-state index in [0.717, 1.165) is 22.4 Å². The van der Waals surface area contributed by atoms with E-state index in [1.54, 1.807) is 12.4 Å². The molecule has 20 heavy (non-hydrogen) atoms. The molecule has 0 spiro atoms. The Morgan fingerprint density at radius 2 is 1.65 bits per heavy atom. The van der Waals surface area contributed by atoms with E-state index < -0.39 is 0 Å². The van der Waals surface area contributed by atoms with Crippen LogP contribution in [0.15, 0.2) is 54.9 Å². The van der Waals surface area contributed by atoms with Crippen molar-refractivity contribution in [3.05, 3.63) is 65.6 Å². The first-order chi connectivity index (χ1) is 9.75. The standard InChI is InChI=1S/C16H12ClN3/c1-11-14(12-6-3-2-4-7-12)19-16(20-15(11)17)13-8-5-9-18-10-13/h2-10H,1H3. The maximum atomic E-state index is 6.25. The number of pyridine rings is 1. The minimum atomic E-state index is 0.470. The Morgan fingerprint density at radius 3 is 2.35 bits per heavy atom. The lowest BCUT2D eigenvalue weighted by molar-refractivity contribution is 1.13. The van der Waals surface area contributed by atoms with Gasteiger partial charge in [0.1, 0.15) is 5.15 Å². The first kappa shape index (κ1) is 12.8. The molecule has 1 aromatic carbocycles. The van der Waals surface area contributed by atoms with Crippen molar-refractivity contribution in [3.8, 4) is 22.6 Å². The Bertz CT molecular complexity index is 727. The highest BCUT2D eigenvalue weighted by atomic mass is 35.5. The van der Waals surface area contributed by atoms with Crippen LogP contribution in [0.1, 0.15) is 5.56 Å². The zero-order valence-electron chi connectivity index (χ0n) is 10.9. The number of rotatable bonds is 2. The van der Waals surface area contributed by atoms with Crippen molar-refractivity contribution in [3.63, 3.8) is 0 Å². The third-order valence-corrected chi connectivity index (χ3v) is 3.42. The van der Waals surface area contributed by atoms with E-state index in [1.807, 2.05) is 49.4 Å². The van der Waals surface area contributed by atoms with E-state index in [4.69, 9.17) is 11.6 Å². The lowest BCUT2D eigenvalue weighted by Crippen LogP contribution is -1.97. The Hall–Kier alpha value is -2.26. The van der Waals surface area contributed by atoms with Gasteiger partial charge in [0, 0.05) is 29.1 Å². The van der Waals surface area contributed by atoms with Crippen molar-refractivity contribution in [2.75, 3.05) is 0 Å². The van der Waals surface area contributed by atoms with Crippen molar-refractivity contribution in [2.45, 2.75) is 6.92 Å². The fraction of sp³-hybridized carbons (Fsp3) is 0.0625. The molecule has 0 N–H and O–H groups in total. The summed E-state index contributed by atoms with van der Waals surface area (Å²) in [5.74, 6) is 0.590. The molecule has 3 nitrogen and oxygen atoms in total. The van der Waals surface area contributed by atoms with Gasteiger partial charge >= 0.3 is 0 Å². The molecule has 0 aliphatic rings. The van der Waals surface area contributed by atoms with Gasteiger partial charge in [-0.25, -0.2) is 9.97 Å². The fourth-order valence-corrected chi connectivity index (χ4v) is 2.16.